The molecule has 1 aromatic carbocycles. The number of hydrogen-bond acceptors (Lipinski definition) is 5. The maximum Gasteiger partial charge on any atom is 0.261 e. The molecule has 6 heteroatoms. The van der Waals surface area contributed by atoms with E-state index >= 15 is 0 Å². The number of fused-ring (bicyclic) bond motifs is 1. The van der Waals surface area contributed by atoms with Gasteiger partial charge in [0.25, 0.3) is 5.91 Å². The number of nitrogens with one attached hydrogen (secondary N) is 1. The number of methoxy groups -OCH3 is 2. The normalized spacial score (nSPS) is 13.8. The minimum atomic E-state index is -0.0229. The van der Waals surface area contributed by atoms with Crippen LogP contribution in [0, 0.1) is 0 Å². The van der Waals surface area contributed by atoms with Crippen LogP contribution in [0.2, 0.25) is 0 Å². The Morgan fingerprint density at radius 2 is 1.96 bits per heavy atom. The fourth-order valence-electron chi connectivity index (χ4n) is 2.93. The van der Waals surface area contributed by atoms with Crippen molar-refractivity contribution in [2.75, 3.05) is 14.2 Å². The first-order valence-electron chi connectivity index (χ1n) is 8.36. The number of hydrogen-bond donors (Lipinski definition) is 1. The van der Waals surface area contributed by atoms with Gasteiger partial charge in [0, 0.05) is 30.6 Å². The number of ether oxygens (including phenoxy) is 2. The van der Waals surface area contributed by atoms with Crippen molar-refractivity contribution in [3.05, 3.63) is 45.1 Å². The van der Waals surface area contributed by atoms with Crippen molar-refractivity contribution in [1.29, 1.82) is 0 Å². The quantitative estimate of drug-likeness (QED) is 0.858. The average Bonchev–Trinajstić information content (AvgIpc) is 3.18. The van der Waals surface area contributed by atoms with Crippen LogP contribution in [-0.4, -0.2) is 31.1 Å². The highest BCUT2D eigenvalue weighted by Gasteiger charge is 2.25. The highest BCUT2D eigenvalue weighted by Crippen LogP contribution is 2.32. The van der Waals surface area contributed by atoms with E-state index in [1.165, 1.54) is 10.4 Å². The van der Waals surface area contributed by atoms with E-state index in [4.69, 9.17) is 9.47 Å². The minimum absolute atomic E-state index is 0.0229. The Morgan fingerprint density at radius 1 is 1.20 bits per heavy atom. The molecule has 1 aromatic heterocycles. The zero-order valence-electron chi connectivity index (χ0n) is 15.1. The van der Waals surface area contributed by atoms with Crippen LogP contribution in [0.5, 0.6) is 11.5 Å². The average molecular weight is 360 g/mol. The Kier molecular flexibility index (Phi) is 5.30. The molecule has 5 nitrogen and oxygen atoms in total. The second-order valence-electron chi connectivity index (χ2n) is 6.43. The molecular formula is C19H24N2O3S. The molecule has 1 aliphatic rings. The van der Waals surface area contributed by atoms with Gasteiger partial charge in [-0.05, 0) is 43.2 Å². The Hall–Kier alpha value is -2.05. The maximum atomic E-state index is 12.4. The molecule has 1 aliphatic heterocycles. The number of carbonyl (C=O) groups is 1. The highest BCUT2D eigenvalue weighted by atomic mass is 32.1. The summed E-state index contributed by atoms with van der Waals surface area (Å²) in [6.45, 7) is 6.74. The third kappa shape index (κ3) is 3.80. The highest BCUT2D eigenvalue weighted by molar-refractivity contribution is 7.14. The Morgan fingerprint density at radius 3 is 2.60 bits per heavy atom. The molecule has 25 heavy (non-hydrogen) atoms. The topological polar surface area (TPSA) is 50.8 Å². The van der Waals surface area contributed by atoms with E-state index in [2.05, 4.69) is 24.1 Å². The van der Waals surface area contributed by atoms with Gasteiger partial charge in [-0.25, -0.2) is 0 Å². The molecule has 0 saturated carbocycles. The maximum absolute atomic E-state index is 12.4. The lowest BCUT2D eigenvalue weighted by Crippen LogP contribution is -2.25. The molecule has 1 N–H and O–H groups in total. The van der Waals surface area contributed by atoms with Gasteiger partial charge < -0.3 is 14.8 Å². The molecule has 1 amide bonds. The van der Waals surface area contributed by atoms with Crippen LogP contribution in [0.15, 0.2) is 24.3 Å². The van der Waals surface area contributed by atoms with E-state index in [0.29, 0.717) is 24.1 Å². The second-order valence-corrected chi connectivity index (χ2v) is 7.57. The minimum Gasteiger partial charge on any atom is -0.493 e. The van der Waals surface area contributed by atoms with E-state index in [1.54, 1.807) is 25.6 Å². The molecule has 0 bridgehead atoms. The van der Waals surface area contributed by atoms with Gasteiger partial charge in [0.2, 0.25) is 0 Å². The molecule has 0 unspecified atom stereocenters. The SMILES string of the molecule is COc1ccc(CNC(=O)c2cc3c(s2)CN(C(C)C)C3)cc1OC. The van der Waals surface area contributed by atoms with Crippen molar-refractivity contribution < 1.29 is 14.3 Å². The Balaban J connectivity index is 1.62. The van der Waals surface area contributed by atoms with Crippen molar-refractivity contribution in [2.45, 2.75) is 39.5 Å². The second kappa shape index (κ2) is 7.45. The zero-order chi connectivity index (χ0) is 18.0. The van der Waals surface area contributed by atoms with Crippen LogP contribution in [0.4, 0.5) is 0 Å². The summed E-state index contributed by atoms with van der Waals surface area (Å²) in [4.78, 5) is 17.0. The smallest absolute Gasteiger partial charge is 0.261 e. The third-order valence-electron chi connectivity index (χ3n) is 4.47. The predicted molar refractivity (Wildman–Crippen MR) is 99.4 cm³/mol. The molecule has 2 heterocycles. The fourth-order valence-corrected chi connectivity index (χ4v) is 4.05. The molecule has 0 atom stereocenters. The lowest BCUT2D eigenvalue weighted by atomic mass is 10.2. The van der Waals surface area contributed by atoms with Gasteiger partial charge in [0.1, 0.15) is 0 Å². The van der Waals surface area contributed by atoms with Gasteiger partial charge >= 0.3 is 0 Å². The lowest BCUT2D eigenvalue weighted by Gasteiger charge is -2.19. The van der Waals surface area contributed by atoms with E-state index in [1.807, 2.05) is 24.3 Å². The van der Waals surface area contributed by atoms with Crippen LogP contribution in [0.25, 0.3) is 0 Å². The van der Waals surface area contributed by atoms with Gasteiger partial charge in [0.05, 0.1) is 19.1 Å². The van der Waals surface area contributed by atoms with Gasteiger partial charge in [0.15, 0.2) is 11.5 Å². The Bertz CT molecular complexity index is 747. The summed E-state index contributed by atoms with van der Waals surface area (Å²) >= 11 is 1.60. The van der Waals surface area contributed by atoms with E-state index < -0.39 is 0 Å². The fraction of sp³-hybridized carbons (Fsp3) is 0.421. The number of rotatable bonds is 6. The monoisotopic (exact) mass is 360 g/mol. The Labute approximate surface area is 152 Å². The number of thiophene rings is 1. The molecule has 0 radical (unpaired) electrons. The van der Waals surface area contributed by atoms with Crippen LogP contribution in [0.1, 0.15) is 39.5 Å². The summed E-state index contributed by atoms with van der Waals surface area (Å²) in [5.74, 6) is 1.32. The molecule has 3 rings (SSSR count). The standard InChI is InChI=1S/C19H24N2O3S/c1-12(2)21-10-14-8-17(25-18(14)11-21)19(22)20-9-13-5-6-15(23-3)16(7-13)24-4/h5-8,12H,9-11H2,1-4H3,(H,20,22). The van der Waals surface area contributed by atoms with Crippen LogP contribution < -0.4 is 14.8 Å². The van der Waals surface area contributed by atoms with E-state index in [0.717, 1.165) is 23.5 Å². The van der Waals surface area contributed by atoms with Crippen LogP contribution in [0.3, 0.4) is 0 Å². The van der Waals surface area contributed by atoms with Crippen molar-refractivity contribution in [3.8, 4) is 11.5 Å². The van der Waals surface area contributed by atoms with Crippen molar-refractivity contribution in [2.24, 2.45) is 0 Å². The molecule has 0 fully saturated rings. The van der Waals surface area contributed by atoms with Gasteiger partial charge in [-0.2, -0.15) is 0 Å². The third-order valence-corrected chi connectivity index (χ3v) is 5.63. The summed E-state index contributed by atoms with van der Waals surface area (Å²) < 4.78 is 10.5. The van der Waals surface area contributed by atoms with E-state index in [-0.39, 0.29) is 5.91 Å². The zero-order valence-corrected chi connectivity index (χ0v) is 15.9. The van der Waals surface area contributed by atoms with Crippen molar-refractivity contribution in [1.82, 2.24) is 10.2 Å². The first kappa shape index (κ1) is 17.8. The summed E-state index contributed by atoms with van der Waals surface area (Å²) in [6.07, 6.45) is 0. The first-order chi connectivity index (χ1) is 12.0. The summed E-state index contributed by atoms with van der Waals surface area (Å²) in [5, 5.41) is 2.99. The number of carbonyl (C=O) groups excluding carboxylic acids is 1. The summed E-state index contributed by atoms with van der Waals surface area (Å²) in [5.41, 5.74) is 2.26. The molecule has 2 aromatic rings. The number of amides is 1. The van der Waals surface area contributed by atoms with Gasteiger partial charge in [-0.1, -0.05) is 6.07 Å². The summed E-state index contributed by atoms with van der Waals surface area (Å²) in [6, 6.07) is 8.22. The van der Waals surface area contributed by atoms with Crippen molar-refractivity contribution in [3.63, 3.8) is 0 Å². The molecule has 0 spiro atoms. The van der Waals surface area contributed by atoms with E-state index in [9.17, 15) is 4.79 Å². The molecule has 134 valence electrons. The van der Waals surface area contributed by atoms with Crippen LogP contribution in [-0.2, 0) is 19.6 Å². The predicted octanol–water partition coefficient (Wildman–Crippen LogP) is 3.42. The van der Waals surface area contributed by atoms with Gasteiger partial charge in [-0.3, -0.25) is 9.69 Å². The number of benzene rings is 1. The van der Waals surface area contributed by atoms with Gasteiger partial charge in [-0.15, -0.1) is 11.3 Å². The molecule has 0 saturated heterocycles. The van der Waals surface area contributed by atoms with Crippen molar-refractivity contribution >= 4 is 17.2 Å². The lowest BCUT2D eigenvalue weighted by molar-refractivity contribution is 0.0954. The largest absolute Gasteiger partial charge is 0.493 e. The number of nitrogens with zero attached hydrogens (tertiary/aromatic N) is 1. The van der Waals surface area contributed by atoms with Crippen LogP contribution >= 0.6 is 11.3 Å². The first-order valence-corrected chi connectivity index (χ1v) is 9.18. The molecule has 0 aliphatic carbocycles. The summed E-state index contributed by atoms with van der Waals surface area (Å²) in [7, 11) is 3.21. The molecular weight excluding hydrogens is 336 g/mol.